The van der Waals surface area contributed by atoms with Crippen LogP contribution in [-0.2, 0) is 0 Å². The van der Waals surface area contributed by atoms with Gasteiger partial charge in [0.05, 0.1) is 0 Å². The number of piperidine rings is 2. The fourth-order valence-electron chi connectivity index (χ4n) is 2.73. The van der Waals surface area contributed by atoms with Crippen LogP contribution in [0.25, 0.3) is 0 Å². The molecule has 0 radical (unpaired) electrons. The minimum atomic E-state index is 0. The highest BCUT2D eigenvalue weighted by Gasteiger charge is 2.24. The van der Waals surface area contributed by atoms with Gasteiger partial charge in [0.1, 0.15) is 0 Å². The molecule has 0 unspecified atom stereocenters. The zero-order valence-corrected chi connectivity index (χ0v) is 9.98. The lowest BCUT2D eigenvalue weighted by Crippen LogP contribution is -2.47. The van der Waals surface area contributed by atoms with Gasteiger partial charge in [-0.2, -0.15) is 0 Å². The first-order valence-electron chi connectivity index (χ1n) is 5.81. The lowest BCUT2D eigenvalue weighted by Gasteiger charge is -2.39. The van der Waals surface area contributed by atoms with Crippen LogP contribution in [0.3, 0.4) is 0 Å². The molecule has 2 aliphatic heterocycles. The molecular weight excluding hydrogens is 196 g/mol. The van der Waals surface area contributed by atoms with Crippen LogP contribution in [0.1, 0.15) is 32.6 Å². The summed E-state index contributed by atoms with van der Waals surface area (Å²) in [5.41, 5.74) is 0. The number of nitrogens with one attached hydrogen (secondary N) is 1. The van der Waals surface area contributed by atoms with Crippen LogP contribution < -0.4 is 5.32 Å². The van der Waals surface area contributed by atoms with Crippen LogP contribution in [0.15, 0.2) is 0 Å². The van der Waals surface area contributed by atoms with Crippen LogP contribution >= 0.6 is 12.4 Å². The third kappa shape index (κ3) is 3.11. The molecule has 84 valence electrons. The fourth-order valence-corrected chi connectivity index (χ4v) is 2.73. The van der Waals surface area contributed by atoms with Crippen molar-refractivity contribution in [3.8, 4) is 0 Å². The van der Waals surface area contributed by atoms with Crippen molar-refractivity contribution in [1.29, 1.82) is 0 Å². The number of hydrogen-bond donors (Lipinski definition) is 1. The lowest BCUT2D eigenvalue weighted by molar-refractivity contribution is 0.108. The maximum Gasteiger partial charge on any atom is 0.0119 e. The molecule has 1 atom stereocenters. The van der Waals surface area contributed by atoms with Gasteiger partial charge in [0.15, 0.2) is 0 Å². The third-order valence-corrected chi connectivity index (χ3v) is 3.51. The molecule has 14 heavy (non-hydrogen) atoms. The zero-order valence-electron chi connectivity index (χ0n) is 9.17. The van der Waals surface area contributed by atoms with Gasteiger partial charge >= 0.3 is 0 Å². The van der Waals surface area contributed by atoms with Gasteiger partial charge < -0.3 is 10.2 Å². The molecule has 0 aliphatic carbocycles. The smallest absolute Gasteiger partial charge is 0.0119 e. The fraction of sp³-hybridized carbons (Fsp3) is 1.00. The van der Waals surface area contributed by atoms with E-state index >= 15 is 0 Å². The van der Waals surface area contributed by atoms with Crippen LogP contribution in [0.5, 0.6) is 0 Å². The van der Waals surface area contributed by atoms with E-state index in [1.54, 1.807) is 0 Å². The normalized spacial score (nSPS) is 31.1. The minimum absolute atomic E-state index is 0. The molecule has 0 aromatic carbocycles. The van der Waals surface area contributed by atoms with E-state index in [1.807, 2.05) is 0 Å². The van der Waals surface area contributed by atoms with Crippen LogP contribution in [-0.4, -0.2) is 37.1 Å². The van der Waals surface area contributed by atoms with Crippen molar-refractivity contribution in [2.45, 2.75) is 38.6 Å². The highest BCUT2D eigenvalue weighted by Crippen LogP contribution is 2.21. The summed E-state index contributed by atoms with van der Waals surface area (Å²) >= 11 is 0. The molecule has 0 aromatic rings. The van der Waals surface area contributed by atoms with E-state index in [1.165, 1.54) is 51.9 Å². The summed E-state index contributed by atoms with van der Waals surface area (Å²) in [7, 11) is 0. The largest absolute Gasteiger partial charge is 0.317 e. The van der Waals surface area contributed by atoms with Gasteiger partial charge in [-0.1, -0.05) is 6.92 Å². The quantitative estimate of drug-likeness (QED) is 0.723. The average Bonchev–Trinajstić information content (AvgIpc) is 2.19. The van der Waals surface area contributed by atoms with E-state index in [4.69, 9.17) is 0 Å². The van der Waals surface area contributed by atoms with Crippen LogP contribution in [0, 0.1) is 5.92 Å². The Bertz CT molecular complexity index is 157. The third-order valence-electron chi connectivity index (χ3n) is 3.51. The molecule has 2 rings (SSSR count). The second-order valence-electron chi connectivity index (χ2n) is 4.72. The molecule has 2 saturated heterocycles. The minimum Gasteiger partial charge on any atom is -0.317 e. The Morgan fingerprint density at radius 3 is 2.50 bits per heavy atom. The van der Waals surface area contributed by atoms with Crippen molar-refractivity contribution < 1.29 is 0 Å². The first-order valence-corrected chi connectivity index (χ1v) is 5.81. The topological polar surface area (TPSA) is 15.3 Å². The Kier molecular flexibility index (Phi) is 5.21. The van der Waals surface area contributed by atoms with E-state index in [0.29, 0.717) is 0 Å². The first-order chi connectivity index (χ1) is 6.36. The molecule has 3 heteroatoms. The van der Waals surface area contributed by atoms with Crippen molar-refractivity contribution in [3.05, 3.63) is 0 Å². The van der Waals surface area contributed by atoms with E-state index in [2.05, 4.69) is 17.1 Å². The van der Waals surface area contributed by atoms with Gasteiger partial charge in [-0.3, -0.25) is 0 Å². The molecule has 0 spiro atoms. The lowest BCUT2D eigenvalue weighted by atomic mass is 9.96. The standard InChI is InChI=1S/C11H22N2.ClH/c1-10-3-2-8-13(9-10)11-4-6-12-7-5-11;/h10-12H,2-9H2,1H3;1H/t10-;/m0./s1. The Labute approximate surface area is 93.8 Å². The highest BCUT2D eigenvalue weighted by atomic mass is 35.5. The van der Waals surface area contributed by atoms with Crippen molar-refractivity contribution in [3.63, 3.8) is 0 Å². The second kappa shape index (κ2) is 5.94. The molecule has 0 saturated carbocycles. The van der Waals surface area contributed by atoms with Gasteiger partial charge in [0.25, 0.3) is 0 Å². The predicted molar refractivity (Wildman–Crippen MR) is 63.1 cm³/mol. The summed E-state index contributed by atoms with van der Waals surface area (Å²) in [6.07, 6.45) is 5.60. The number of nitrogens with zero attached hydrogens (tertiary/aromatic N) is 1. The van der Waals surface area contributed by atoms with Gasteiger partial charge in [-0.25, -0.2) is 0 Å². The number of hydrogen-bond acceptors (Lipinski definition) is 2. The van der Waals surface area contributed by atoms with Gasteiger partial charge in [0, 0.05) is 12.6 Å². The SMILES string of the molecule is C[C@H]1CCCN(C2CCNCC2)C1.Cl. The molecule has 2 fully saturated rings. The van der Waals surface area contributed by atoms with Crippen molar-refractivity contribution in [1.82, 2.24) is 10.2 Å². The first kappa shape index (κ1) is 12.3. The van der Waals surface area contributed by atoms with Crippen molar-refractivity contribution >= 4 is 12.4 Å². The Hall–Kier alpha value is 0.210. The zero-order chi connectivity index (χ0) is 9.10. The summed E-state index contributed by atoms with van der Waals surface area (Å²) in [6, 6.07) is 0.893. The summed E-state index contributed by atoms with van der Waals surface area (Å²) < 4.78 is 0. The van der Waals surface area contributed by atoms with Crippen LogP contribution in [0.4, 0.5) is 0 Å². The Balaban J connectivity index is 0.000000980. The summed E-state index contributed by atoms with van der Waals surface area (Å²) in [5.74, 6) is 0.934. The molecule has 0 amide bonds. The van der Waals surface area contributed by atoms with Crippen molar-refractivity contribution in [2.75, 3.05) is 26.2 Å². The molecule has 1 N–H and O–H groups in total. The summed E-state index contributed by atoms with van der Waals surface area (Å²) in [6.45, 7) is 7.57. The molecule has 2 aliphatic rings. The van der Waals surface area contributed by atoms with Gasteiger partial charge in [-0.15, -0.1) is 12.4 Å². The number of rotatable bonds is 1. The molecule has 0 bridgehead atoms. The number of halogens is 1. The molecule has 2 nitrogen and oxygen atoms in total. The van der Waals surface area contributed by atoms with E-state index in [0.717, 1.165) is 12.0 Å². The van der Waals surface area contributed by atoms with E-state index in [-0.39, 0.29) is 12.4 Å². The van der Waals surface area contributed by atoms with E-state index < -0.39 is 0 Å². The predicted octanol–water partition coefficient (Wildman–Crippen LogP) is 1.89. The van der Waals surface area contributed by atoms with Crippen molar-refractivity contribution in [2.24, 2.45) is 5.92 Å². The molecule has 2 heterocycles. The Morgan fingerprint density at radius 1 is 1.14 bits per heavy atom. The molecule has 0 aromatic heterocycles. The van der Waals surface area contributed by atoms with Gasteiger partial charge in [0.2, 0.25) is 0 Å². The van der Waals surface area contributed by atoms with Gasteiger partial charge in [-0.05, 0) is 51.2 Å². The summed E-state index contributed by atoms with van der Waals surface area (Å²) in [4.78, 5) is 2.73. The van der Waals surface area contributed by atoms with Crippen LogP contribution in [0.2, 0.25) is 0 Å². The highest BCUT2D eigenvalue weighted by molar-refractivity contribution is 5.85. The summed E-state index contributed by atoms with van der Waals surface area (Å²) in [5, 5.41) is 3.44. The maximum atomic E-state index is 3.44. The molecular formula is C11H23ClN2. The van der Waals surface area contributed by atoms with E-state index in [9.17, 15) is 0 Å². The average molecular weight is 219 g/mol. The number of likely N-dealkylation sites (tertiary alicyclic amines) is 1. The second-order valence-corrected chi connectivity index (χ2v) is 4.72. The maximum absolute atomic E-state index is 3.44. The Morgan fingerprint density at radius 2 is 1.86 bits per heavy atom. The monoisotopic (exact) mass is 218 g/mol.